The van der Waals surface area contributed by atoms with E-state index in [1.54, 1.807) is 11.3 Å². The summed E-state index contributed by atoms with van der Waals surface area (Å²) in [5.74, 6) is 0.157. The first kappa shape index (κ1) is 19.9. The molecular weight excluding hydrogens is 429 g/mol. The Morgan fingerprint density at radius 1 is 1.16 bits per heavy atom. The first-order chi connectivity index (χ1) is 14.9. The van der Waals surface area contributed by atoms with Crippen LogP contribution in [0.4, 0.5) is 13.2 Å². The molecular formula is C21H17F3N4O2S. The largest absolute Gasteiger partial charge is 0.416 e. The molecule has 6 nitrogen and oxygen atoms in total. The number of benzene rings is 1. The summed E-state index contributed by atoms with van der Waals surface area (Å²) in [5.41, 5.74) is 0.331. The second-order valence-corrected chi connectivity index (χ2v) is 8.60. The number of fused-ring (bicyclic) bond motifs is 3. The summed E-state index contributed by atoms with van der Waals surface area (Å²) >= 11 is 1.58. The van der Waals surface area contributed by atoms with Crippen LogP contribution in [0.3, 0.4) is 0 Å². The maximum Gasteiger partial charge on any atom is 0.416 e. The third kappa shape index (κ3) is 3.76. The van der Waals surface area contributed by atoms with Crippen LogP contribution in [0.5, 0.6) is 0 Å². The topological polar surface area (TPSA) is 73.8 Å². The molecule has 0 saturated heterocycles. The number of rotatable bonds is 3. The Hall–Kier alpha value is -3.01. The summed E-state index contributed by atoms with van der Waals surface area (Å²) in [4.78, 5) is 23.7. The van der Waals surface area contributed by atoms with Gasteiger partial charge in [0.25, 0.3) is 5.56 Å². The average molecular weight is 446 g/mol. The number of aryl methyl sites for hydroxylation is 2. The lowest BCUT2D eigenvalue weighted by molar-refractivity contribution is -0.137. The Kier molecular flexibility index (Phi) is 4.88. The number of halogens is 3. The van der Waals surface area contributed by atoms with Crippen LogP contribution >= 0.6 is 11.3 Å². The van der Waals surface area contributed by atoms with Crippen molar-refractivity contribution in [2.24, 2.45) is 0 Å². The van der Waals surface area contributed by atoms with Crippen LogP contribution in [0, 0.1) is 0 Å². The maximum atomic E-state index is 13.1. The molecule has 0 atom stereocenters. The van der Waals surface area contributed by atoms with E-state index in [0.717, 1.165) is 54.6 Å². The highest BCUT2D eigenvalue weighted by atomic mass is 32.1. The molecule has 0 fully saturated rings. The molecule has 0 amide bonds. The Bertz CT molecular complexity index is 1320. The summed E-state index contributed by atoms with van der Waals surface area (Å²) in [7, 11) is 0. The van der Waals surface area contributed by atoms with Gasteiger partial charge in [0.15, 0.2) is 0 Å². The molecule has 3 aromatic heterocycles. The molecule has 1 aromatic carbocycles. The van der Waals surface area contributed by atoms with Gasteiger partial charge in [-0.05, 0) is 43.4 Å². The summed E-state index contributed by atoms with van der Waals surface area (Å²) in [6.45, 7) is -0.00163. The standard InChI is InChI=1S/C21H17F3N4O2S/c22-21(23,24)13-6-4-5-12(9-13)18-26-16(30-27-18)10-28-11-25-19-17(20(28)29)14-7-2-1-3-8-15(14)31-19/h4-6,9,11H,1-3,7-8,10H2. The molecule has 31 heavy (non-hydrogen) atoms. The highest BCUT2D eigenvalue weighted by molar-refractivity contribution is 7.18. The molecule has 0 unspecified atom stereocenters. The number of hydrogen-bond acceptors (Lipinski definition) is 6. The number of hydrogen-bond donors (Lipinski definition) is 0. The zero-order valence-electron chi connectivity index (χ0n) is 16.3. The van der Waals surface area contributed by atoms with Crippen molar-refractivity contribution in [3.8, 4) is 11.4 Å². The van der Waals surface area contributed by atoms with Gasteiger partial charge in [0.1, 0.15) is 11.4 Å². The van der Waals surface area contributed by atoms with Gasteiger partial charge in [-0.3, -0.25) is 9.36 Å². The highest BCUT2D eigenvalue weighted by Crippen LogP contribution is 2.33. The number of alkyl halides is 3. The van der Waals surface area contributed by atoms with Crippen molar-refractivity contribution in [2.75, 3.05) is 0 Å². The van der Waals surface area contributed by atoms with Crippen molar-refractivity contribution in [1.29, 1.82) is 0 Å². The van der Waals surface area contributed by atoms with Gasteiger partial charge in [-0.1, -0.05) is 23.7 Å². The second kappa shape index (κ2) is 7.60. The van der Waals surface area contributed by atoms with Crippen LogP contribution in [-0.2, 0) is 25.6 Å². The summed E-state index contributed by atoms with van der Waals surface area (Å²) < 4.78 is 45.5. The third-order valence-electron chi connectivity index (χ3n) is 5.41. The first-order valence-electron chi connectivity index (χ1n) is 9.90. The fourth-order valence-corrected chi connectivity index (χ4v) is 5.11. The van der Waals surface area contributed by atoms with E-state index in [1.807, 2.05) is 0 Å². The smallest absolute Gasteiger partial charge is 0.337 e. The summed E-state index contributed by atoms with van der Waals surface area (Å²) in [6, 6.07) is 4.72. The Morgan fingerprint density at radius 3 is 2.84 bits per heavy atom. The third-order valence-corrected chi connectivity index (χ3v) is 6.61. The van der Waals surface area contributed by atoms with Crippen LogP contribution in [0.15, 0.2) is 39.9 Å². The Balaban J connectivity index is 1.46. The normalized spacial score (nSPS) is 14.5. The van der Waals surface area contributed by atoms with Crippen molar-refractivity contribution in [3.05, 3.63) is 62.8 Å². The van der Waals surface area contributed by atoms with Gasteiger partial charge in [0.2, 0.25) is 11.7 Å². The second-order valence-electron chi connectivity index (χ2n) is 7.51. The van der Waals surface area contributed by atoms with Gasteiger partial charge >= 0.3 is 6.18 Å². The van der Waals surface area contributed by atoms with E-state index < -0.39 is 11.7 Å². The molecule has 0 N–H and O–H groups in total. The van der Waals surface area contributed by atoms with E-state index in [-0.39, 0.29) is 29.4 Å². The van der Waals surface area contributed by atoms with E-state index in [9.17, 15) is 18.0 Å². The van der Waals surface area contributed by atoms with Gasteiger partial charge in [0, 0.05) is 10.4 Å². The predicted octanol–water partition coefficient (Wildman–Crippen LogP) is 4.84. The Morgan fingerprint density at radius 2 is 2.00 bits per heavy atom. The van der Waals surface area contributed by atoms with Crippen LogP contribution in [-0.4, -0.2) is 19.7 Å². The number of aromatic nitrogens is 4. The van der Waals surface area contributed by atoms with Crippen molar-refractivity contribution in [2.45, 2.75) is 44.8 Å². The minimum absolute atomic E-state index is 0.00163. The molecule has 0 bridgehead atoms. The van der Waals surface area contributed by atoms with E-state index in [0.29, 0.717) is 5.39 Å². The lowest BCUT2D eigenvalue weighted by atomic mass is 10.1. The summed E-state index contributed by atoms with van der Waals surface area (Å²) in [5, 5.41) is 4.44. The van der Waals surface area contributed by atoms with Crippen LogP contribution in [0.1, 0.15) is 41.2 Å². The molecule has 3 heterocycles. The molecule has 5 rings (SSSR count). The molecule has 0 saturated carbocycles. The maximum absolute atomic E-state index is 13.1. The summed E-state index contributed by atoms with van der Waals surface area (Å²) in [6.07, 6.45) is 2.16. The van der Waals surface area contributed by atoms with Crippen molar-refractivity contribution < 1.29 is 17.7 Å². The lowest BCUT2D eigenvalue weighted by Crippen LogP contribution is -2.21. The van der Waals surface area contributed by atoms with E-state index in [4.69, 9.17) is 4.52 Å². The minimum Gasteiger partial charge on any atom is -0.337 e. The zero-order chi connectivity index (χ0) is 21.6. The van der Waals surface area contributed by atoms with Crippen LogP contribution < -0.4 is 5.56 Å². The molecule has 1 aliphatic rings. The van der Waals surface area contributed by atoms with E-state index in [2.05, 4.69) is 15.1 Å². The molecule has 4 aromatic rings. The predicted molar refractivity (Wildman–Crippen MR) is 109 cm³/mol. The fraction of sp³-hybridized carbons (Fsp3) is 0.333. The molecule has 0 spiro atoms. The highest BCUT2D eigenvalue weighted by Gasteiger charge is 2.30. The number of nitrogens with zero attached hydrogens (tertiary/aromatic N) is 4. The van der Waals surface area contributed by atoms with Crippen molar-refractivity contribution in [1.82, 2.24) is 19.7 Å². The van der Waals surface area contributed by atoms with E-state index in [1.165, 1.54) is 27.9 Å². The van der Waals surface area contributed by atoms with Gasteiger partial charge in [-0.15, -0.1) is 11.3 Å². The van der Waals surface area contributed by atoms with Crippen LogP contribution in [0.2, 0.25) is 0 Å². The zero-order valence-corrected chi connectivity index (χ0v) is 17.1. The van der Waals surface area contributed by atoms with Gasteiger partial charge in [-0.2, -0.15) is 18.2 Å². The molecule has 160 valence electrons. The molecule has 1 aliphatic carbocycles. The fourth-order valence-electron chi connectivity index (χ4n) is 3.89. The van der Waals surface area contributed by atoms with Gasteiger partial charge in [-0.25, -0.2) is 4.98 Å². The molecule has 0 aliphatic heterocycles. The minimum atomic E-state index is -4.46. The van der Waals surface area contributed by atoms with Crippen molar-refractivity contribution in [3.63, 3.8) is 0 Å². The average Bonchev–Trinajstić information content (AvgIpc) is 3.28. The quantitative estimate of drug-likeness (QED) is 0.421. The molecule has 10 heteroatoms. The SMILES string of the molecule is O=c1c2c3c(sc2ncn1Cc1nc(-c2cccc(C(F)(F)F)c2)no1)CCCCC3. The Labute approximate surface area is 178 Å². The van der Waals surface area contributed by atoms with E-state index >= 15 is 0 Å². The van der Waals surface area contributed by atoms with Crippen LogP contribution in [0.25, 0.3) is 21.6 Å². The monoisotopic (exact) mass is 446 g/mol. The first-order valence-corrected chi connectivity index (χ1v) is 10.7. The van der Waals surface area contributed by atoms with Crippen molar-refractivity contribution >= 4 is 21.6 Å². The molecule has 0 radical (unpaired) electrons. The number of thiophene rings is 1. The van der Waals surface area contributed by atoms with Gasteiger partial charge < -0.3 is 4.52 Å². The van der Waals surface area contributed by atoms with Gasteiger partial charge in [0.05, 0.1) is 17.3 Å². The lowest BCUT2D eigenvalue weighted by Gasteiger charge is -2.06.